The number of nitrogens with one attached hydrogen (secondary N) is 3. The average molecular weight is 535 g/mol. The lowest BCUT2D eigenvalue weighted by Gasteiger charge is -2.25. The molecule has 0 aliphatic rings. The minimum absolute atomic E-state index is 0.104. The standard InChI is InChI=1S/C20H38N8O7S/c21-8-2-1-5-12(17(32)28-14(10-36)19(34)35)27-18(33)13(6-7-15(29)30)26-16(31)11(22)4-3-9-25-20(23)24/h11-14,36H,1-10,21-22H2,(H,26,31)(H,27,33)(H,28,32)(H,29,30)(H,34,35)(H4,23,24,25). The van der Waals surface area contributed by atoms with Gasteiger partial charge in [0.1, 0.15) is 18.1 Å². The predicted molar refractivity (Wildman–Crippen MR) is 135 cm³/mol. The molecule has 13 N–H and O–H groups in total. The maximum atomic E-state index is 12.9. The first-order valence-corrected chi connectivity index (χ1v) is 12.0. The summed E-state index contributed by atoms with van der Waals surface area (Å²) in [4.78, 5) is 64.2. The SMILES string of the molecule is NCCCCC(NC(=O)C(CCC(=O)O)NC(=O)C(N)CCCN=C(N)N)C(=O)NC(CS)C(=O)O. The summed E-state index contributed by atoms with van der Waals surface area (Å²) in [6, 6.07) is -4.76. The van der Waals surface area contributed by atoms with Crippen LogP contribution in [-0.2, 0) is 24.0 Å². The largest absolute Gasteiger partial charge is 0.481 e. The fourth-order valence-corrected chi connectivity index (χ4v) is 3.21. The molecule has 4 unspecified atom stereocenters. The molecule has 36 heavy (non-hydrogen) atoms. The third-order valence-electron chi connectivity index (χ3n) is 4.96. The van der Waals surface area contributed by atoms with Gasteiger partial charge < -0.3 is 49.1 Å². The average Bonchev–Trinajstić information content (AvgIpc) is 2.81. The lowest BCUT2D eigenvalue weighted by Crippen LogP contribution is -2.57. The van der Waals surface area contributed by atoms with Crippen LogP contribution in [0.25, 0.3) is 0 Å². The number of carbonyl (C=O) groups is 5. The number of nitrogens with two attached hydrogens (primary N) is 4. The van der Waals surface area contributed by atoms with Gasteiger partial charge in [0.05, 0.1) is 6.04 Å². The molecule has 0 rings (SSSR count). The van der Waals surface area contributed by atoms with Crippen molar-refractivity contribution in [2.24, 2.45) is 27.9 Å². The number of amides is 3. The molecular formula is C20H38N8O7S. The van der Waals surface area contributed by atoms with E-state index in [-0.39, 0.29) is 37.5 Å². The molecule has 0 saturated carbocycles. The van der Waals surface area contributed by atoms with Gasteiger partial charge in [-0.1, -0.05) is 0 Å². The summed E-state index contributed by atoms with van der Waals surface area (Å²) in [5, 5.41) is 25.4. The van der Waals surface area contributed by atoms with Crippen molar-refractivity contribution in [3.63, 3.8) is 0 Å². The van der Waals surface area contributed by atoms with Crippen LogP contribution in [0.4, 0.5) is 0 Å². The Bertz CT molecular complexity index is 779. The molecule has 0 fully saturated rings. The Morgan fingerprint density at radius 3 is 1.86 bits per heavy atom. The van der Waals surface area contributed by atoms with Crippen molar-refractivity contribution >= 4 is 48.2 Å². The molecule has 0 heterocycles. The van der Waals surface area contributed by atoms with Gasteiger partial charge in [0.2, 0.25) is 17.7 Å². The molecule has 206 valence electrons. The molecule has 3 amide bonds. The molecule has 16 heteroatoms. The topological polar surface area (TPSA) is 278 Å². The van der Waals surface area contributed by atoms with E-state index >= 15 is 0 Å². The van der Waals surface area contributed by atoms with Gasteiger partial charge in [-0.2, -0.15) is 12.6 Å². The van der Waals surface area contributed by atoms with E-state index in [1.807, 2.05) is 0 Å². The molecule has 0 bridgehead atoms. The Morgan fingerprint density at radius 1 is 0.806 bits per heavy atom. The van der Waals surface area contributed by atoms with Gasteiger partial charge in [0.25, 0.3) is 0 Å². The van der Waals surface area contributed by atoms with E-state index in [9.17, 15) is 24.0 Å². The van der Waals surface area contributed by atoms with Gasteiger partial charge in [-0.3, -0.25) is 24.2 Å². The van der Waals surface area contributed by atoms with E-state index < -0.39 is 60.2 Å². The second kappa shape index (κ2) is 18.2. The van der Waals surface area contributed by atoms with Crippen molar-refractivity contribution in [3.05, 3.63) is 0 Å². The third-order valence-corrected chi connectivity index (χ3v) is 5.33. The molecule has 0 aliphatic carbocycles. The quantitative estimate of drug-likeness (QED) is 0.0341. The lowest BCUT2D eigenvalue weighted by atomic mass is 10.0. The van der Waals surface area contributed by atoms with Crippen LogP contribution in [0, 0.1) is 0 Å². The molecule has 0 aliphatic heterocycles. The Hall–Kier alpha value is -3.11. The van der Waals surface area contributed by atoms with Gasteiger partial charge in [-0.15, -0.1) is 0 Å². The first-order chi connectivity index (χ1) is 16.9. The number of hydrogen-bond acceptors (Lipinski definition) is 9. The van der Waals surface area contributed by atoms with Gasteiger partial charge in [-0.05, 0) is 45.1 Å². The summed E-state index contributed by atoms with van der Waals surface area (Å²) < 4.78 is 0. The van der Waals surface area contributed by atoms with Crippen molar-refractivity contribution in [2.75, 3.05) is 18.8 Å². The molecule has 0 saturated heterocycles. The number of aliphatic imine (C=N–C) groups is 1. The smallest absolute Gasteiger partial charge is 0.327 e. The van der Waals surface area contributed by atoms with E-state index in [1.165, 1.54) is 0 Å². The van der Waals surface area contributed by atoms with Crippen LogP contribution >= 0.6 is 12.6 Å². The summed E-state index contributed by atoms with van der Waals surface area (Å²) in [6.07, 6.45) is 1.00. The number of unbranched alkanes of at least 4 members (excludes halogenated alkanes) is 1. The Balaban J connectivity index is 5.40. The van der Waals surface area contributed by atoms with Crippen LogP contribution < -0.4 is 38.9 Å². The normalized spacial score (nSPS) is 14.0. The highest BCUT2D eigenvalue weighted by Crippen LogP contribution is 2.06. The monoisotopic (exact) mass is 534 g/mol. The first-order valence-electron chi connectivity index (χ1n) is 11.4. The number of hydrogen-bond donors (Lipinski definition) is 10. The summed E-state index contributed by atoms with van der Waals surface area (Å²) in [5.41, 5.74) is 21.8. The number of carbonyl (C=O) groups excluding carboxylic acids is 3. The Kier molecular flexibility index (Phi) is 16.6. The lowest BCUT2D eigenvalue weighted by molar-refractivity contribution is -0.141. The predicted octanol–water partition coefficient (Wildman–Crippen LogP) is -3.17. The number of guanidine groups is 1. The van der Waals surface area contributed by atoms with Gasteiger partial charge in [0.15, 0.2) is 5.96 Å². The summed E-state index contributed by atoms with van der Waals surface area (Å²) in [5.74, 6) is -5.06. The number of aliphatic carboxylic acids is 2. The minimum atomic E-state index is -1.30. The van der Waals surface area contributed by atoms with E-state index in [0.29, 0.717) is 25.8 Å². The van der Waals surface area contributed by atoms with Crippen molar-refractivity contribution < 1.29 is 34.2 Å². The maximum absolute atomic E-state index is 12.9. The van der Waals surface area contributed by atoms with Crippen LogP contribution in [-0.4, -0.2) is 88.8 Å². The summed E-state index contributed by atoms with van der Waals surface area (Å²) in [6.45, 7) is 0.588. The highest BCUT2D eigenvalue weighted by molar-refractivity contribution is 7.80. The number of thiol groups is 1. The number of carboxylic acid groups (broad SMARTS) is 2. The summed E-state index contributed by atoms with van der Waals surface area (Å²) in [7, 11) is 0. The van der Waals surface area contributed by atoms with E-state index in [1.54, 1.807) is 0 Å². The molecule has 0 aromatic rings. The van der Waals surface area contributed by atoms with Gasteiger partial charge in [-0.25, -0.2) is 4.79 Å². The van der Waals surface area contributed by atoms with Crippen molar-refractivity contribution in [1.29, 1.82) is 0 Å². The minimum Gasteiger partial charge on any atom is -0.481 e. The number of carboxylic acids is 2. The highest BCUT2D eigenvalue weighted by Gasteiger charge is 2.30. The highest BCUT2D eigenvalue weighted by atomic mass is 32.1. The van der Waals surface area contributed by atoms with Crippen LogP contribution in [0.1, 0.15) is 44.9 Å². The van der Waals surface area contributed by atoms with E-state index in [4.69, 9.17) is 33.1 Å². The Morgan fingerprint density at radius 2 is 1.36 bits per heavy atom. The van der Waals surface area contributed by atoms with Crippen LogP contribution in [0.2, 0.25) is 0 Å². The number of rotatable bonds is 19. The fourth-order valence-electron chi connectivity index (χ4n) is 2.96. The zero-order valence-electron chi connectivity index (χ0n) is 20.0. The molecule has 4 atom stereocenters. The second-order valence-electron chi connectivity index (χ2n) is 7.98. The van der Waals surface area contributed by atoms with E-state index in [0.717, 1.165) is 0 Å². The Labute approximate surface area is 214 Å². The van der Waals surface area contributed by atoms with Gasteiger partial charge in [0, 0.05) is 18.7 Å². The number of nitrogens with zero attached hydrogens (tertiary/aromatic N) is 1. The summed E-state index contributed by atoms with van der Waals surface area (Å²) >= 11 is 3.90. The van der Waals surface area contributed by atoms with Gasteiger partial charge >= 0.3 is 11.9 Å². The molecule has 15 nitrogen and oxygen atoms in total. The van der Waals surface area contributed by atoms with Crippen LogP contribution in [0.3, 0.4) is 0 Å². The molecule has 0 spiro atoms. The van der Waals surface area contributed by atoms with Crippen LogP contribution in [0.15, 0.2) is 4.99 Å². The van der Waals surface area contributed by atoms with E-state index in [2.05, 4.69) is 33.6 Å². The zero-order valence-corrected chi connectivity index (χ0v) is 20.9. The fraction of sp³-hybridized carbons (Fsp3) is 0.700. The van der Waals surface area contributed by atoms with Crippen molar-refractivity contribution in [2.45, 2.75) is 69.1 Å². The van der Waals surface area contributed by atoms with Crippen molar-refractivity contribution in [3.8, 4) is 0 Å². The second-order valence-corrected chi connectivity index (χ2v) is 8.34. The van der Waals surface area contributed by atoms with Crippen molar-refractivity contribution in [1.82, 2.24) is 16.0 Å². The molecule has 0 radical (unpaired) electrons. The zero-order chi connectivity index (χ0) is 27.7. The molecule has 0 aromatic heterocycles. The maximum Gasteiger partial charge on any atom is 0.327 e. The molecule has 0 aromatic carbocycles. The third kappa shape index (κ3) is 14.3. The first kappa shape index (κ1) is 32.9. The van der Waals surface area contributed by atoms with Crippen LogP contribution in [0.5, 0.6) is 0 Å². The molecular weight excluding hydrogens is 496 g/mol.